The van der Waals surface area contributed by atoms with E-state index in [4.69, 9.17) is 23.7 Å². The maximum absolute atomic E-state index is 14.3. The number of ketones is 2. The number of aliphatic hydroxyl groups is 3. The summed E-state index contributed by atoms with van der Waals surface area (Å²) in [4.78, 5) is 57.6. The summed E-state index contributed by atoms with van der Waals surface area (Å²) < 4.78 is 29.7. The summed E-state index contributed by atoms with van der Waals surface area (Å²) in [6, 6.07) is -1.13. The summed E-state index contributed by atoms with van der Waals surface area (Å²) in [5.41, 5.74) is 1.66. The van der Waals surface area contributed by atoms with Gasteiger partial charge in [-0.05, 0) is 95.5 Å². The number of allylic oxidation sites excluding steroid dienone is 3. The molecule has 0 aromatic rings. The van der Waals surface area contributed by atoms with Gasteiger partial charge in [-0.1, -0.05) is 45.4 Å². The van der Waals surface area contributed by atoms with E-state index in [-0.39, 0.29) is 49.5 Å². The third-order valence-corrected chi connectivity index (χ3v) is 12.9. The molecule has 2 bridgehead atoms. The van der Waals surface area contributed by atoms with Crippen molar-refractivity contribution >= 4 is 23.4 Å². The molecule has 1 amide bonds. The van der Waals surface area contributed by atoms with Crippen LogP contribution in [0.5, 0.6) is 0 Å². The number of fused-ring (bicyclic) bond motifs is 3. The van der Waals surface area contributed by atoms with Crippen molar-refractivity contribution in [2.75, 3.05) is 27.9 Å². The number of hydrogen-bond acceptors (Lipinski definition) is 12. The lowest BCUT2D eigenvalue weighted by Gasteiger charge is -2.47. The molecule has 0 radical (unpaired) electrons. The number of aliphatic hydroxyl groups excluding tert-OH is 2. The lowest BCUT2D eigenvalue weighted by molar-refractivity contribution is -0.302. The Morgan fingerprint density at radius 2 is 1.57 bits per heavy atom. The van der Waals surface area contributed by atoms with Gasteiger partial charge in [0.1, 0.15) is 24.0 Å². The van der Waals surface area contributed by atoms with Gasteiger partial charge in [-0.3, -0.25) is 14.4 Å². The van der Waals surface area contributed by atoms with Gasteiger partial charge in [0, 0.05) is 52.0 Å². The largest absolute Gasteiger partial charge is 0.456 e. The Kier molecular flexibility index (Phi) is 16.9. The number of cyclic esters (lactones) is 1. The SMILES string of the molecule is CC[C@@H]1/C=C(\C)C[C@H](C)C[C@H](OC)[C@H]2O[C@@](O)(C(=O)C(=O)N3CCCC[C@@H]3C(=O)O[C@H](/C(C)=C/[C@@H]3CC[C@H](O)[C@H](OC)C3)[C@H](C)[C@H](O)CC1=O)[C@@H](C)C[C@H]2OC. The number of nitrogens with zero attached hydrogens (tertiary/aromatic N) is 1. The minimum Gasteiger partial charge on any atom is -0.456 e. The van der Waals surface area contributed by atoms with Crippen LogP contribution in [-0.4, -0.2) is 126 Å². The second kappa shape index (κ2) is 20.4. The summed E-state index contributed by atoms with van der Waals surface area (Å²) in [6.45, 7) is 11.3. The highest BCUT2D eigenvalue weighted by Crippen LogP contribution is 2.39. The highest BCUT2D eigenvalue weighted by Gasteiger charge is 2.56. The summed E-state index contributed by atoms with van der Waals surface area (Å²) in [5.74, 6) is -7.50. The molecule has 13 heteroatoms. The van der Waals surface area contributed by atoms with E-state index in [0.717, 1.165) is 5.57 Å². The lowest BCUT2D eigenvalue weighted by Crippen LogP contribution is -2.64. The van der Waals surface area contributed by atoms with Crippen LogP contribution in [0.2, 0.25) is 0 Å². The molecule has 0 unspecified atom stereocenters. The number of carbonyl (C=O) groups excluding carboxylic acids is 4. The number of piperidine rings is 1. The Morgan fingerprint density at radius 1 is 0.911 bits per heavy atom. The van der Waals surface area contributed by atoms with Crippen LogP contribution < -0.4 is 0 Å². The van der Waals surface area contributed by atoms with Gasteiger partial charge in [-0.2, -0.15) is 0 Å². The first kappa shape index (κ1) is 46.2. The van der Waals surface area contributed by atoms with E-state index in [0.29, 0.717) is 56.9 Å². The van der Waals surface area contributed by atoms with E-state index in [1.807, 2.05) is 32.9 Å². The molecule has 1 aliphatic carbocycles. The summed E-state index contributed by atoms with van der Waals surface area (Å²) >= 11 is 0. The molecule has 318 valence electrons. The van der Waals surface area contributed by atoms with E-state index in [2.05, 4.69) is 6.92 Å². The number of amides is 1. The van der Waals surface area contributed by atoms with Crippen LogP contribution in [-0.2, 0) is 42.9 Å². The third kappa shape index (κ3) is 10.7. The maximum Gasteiger partial charge on any atom is 0.329 e. The van der Waals surface area contributed by atoms with E-state index < -0.39 is 83.9 Å². The molecule has 56 heavy (non-hydrogen) atoms. The summed E-state index contributed by atoms with van der Waals surface area (Å²) in [6.07, 6.45) is 3.72. The normalized spacial score (nSPS) is 41.6. The van der Waals surface area contributed by atoms with Crippen molar-refractivity contribution in [3.63, 3.8) is 0 Å². The third-order valence-electron chi connectivity index (χ3n) is 12.9. The van der Waals surface area contributed by atoms with Gasteiger partial charge in [0.05, 0.1) is 30.5 Å². The van der Waals surface area contributed by atoms with Gasteiger partial charge >= 0.3 is 5.97 Å². The van der Waals surface area contributed by atoms with Crippen LogP contribution in [0.1, 0.15) is 112 Å². The highest BCUT2D eigenvalue weighted by molar-refractivity contribution is 6.39. The van der Waals surface area contributed by atoms with Crippen molar-refractivity contribution < 1.29 is 58.2 Å². The zero-order valence-electron chi connectivity index (χ0n) is 35.1. The number of carbonyl (C=O) groups is 4. The molecule has 13 nitrogen and oxygen atoms in total. The molecular weight excluding hydrogens is 722 g/mol. The fourth-order valence-corrected chi connectivity index (χ4v) is 9.39. The van der Waals surface area contributed by atoms with Crippen LogP contribution >= 0.6 is 0 Å². The van der Waals surface area contributed by atoms with E-state index in [9.17, 15) is 34.5 Å². The molecule has 4 aliphatic rings. The number of rotatable bonds is 6. The first-order chi connectivity index (χ1) is 26.5. The lowest BCUT2D eigenvalue weighted by atomic mass is 9.81. The zero-order chi connectivity index (χ0) is 41.5. The van der Waals surface area contributed by atoms with Gasteiger partial charge < -0.3 is 43.9 Å². The minimum absolute atomic E-state index is 0.000914. The van der Waals surface area contributed by atoms with Crippen LogP contribution in [0.4, 0.5) is 0 Å². The molecule has 3 aliphatic heterocycles. The number of methoxy groups -OCH3 is 3. The molecule has 0 aromatic heterocycles. The Balaban J connectivity index is 1.76. The predicted octanol–water partition coefficient (Wildman–Crippen LogP) is 4.47. The Hall–Kier alpha value is -2.52. The Labute approximate surface area is 333 Å². The molecule has 1 saturated carbocycles. The topological polar surface area (TPSA) is 178 Å². The van der Waals surface area contributed by atoms with Crippen LogP contribution in [0.25, 0.3) is 0 Å². The molecular formula is C43H69NO12. The van der Waals surface area contributed by atoms with Crippen molar-refractivity contribution in [1.82, 2.24) is 4.90 Å². The van der Waals surface area contributed by atoms with Crippen LogP contribution in [0.3, 0.4) is 0 Å². The van der Waals surface area contributed by atoms with Crippen molar-refractivity contribution in [1.29, 1.82) is 0 Å². The first-order valence-corrected chi connectivity index (χ1v) is 20.8. The first-order valence-electron chi connectivity index (χ1n) is 20.8. The van der Waals surface area contributed by atoms with Gasteiger partial charge in [-0.15, -0.1) is 0 Å². The highest BCUT2D eigenvalue weighted by atomic mass is 16.7. The van der Waals surface area contributed by atoms with Crippen LogP contribution in [0.15, 0.2) is 23.3 Å². The second-order valence-corrected chi connectivity index (χ2v) is 17.2. The minimum atomic E-state index is -2.50. The van der Waals surface area contributed by atoms with Gasteiger partial charge in [0.15, 0.2) is 0 Å². The Morgan fingerprint density at radius 3 is 2.21 bits per heavy atom. The van der Waals surface area contributed by atoms with Crippen LogP contribution in [0, 0.1) is 29.6 Å². The monoisotopic (exact) mass is 791 g/mol. The molecule has 2 saturated heterocycles. The average molecular weight is 792 g/mol. The van der Waals surface area contributed by atoms with Gasteiger partial charge in [0.2, 0.25) is 5.79 Å². The quantitative estimate of drug-likeness (QED) is 0.196. The second-order valence-electron chi connectivity index (χ2n) is 17.2. The number of Topliss-reactive ketones (excluding diaryl/α,β-unsaturated/α-hetero) is 2. The van der Waals surface area contributed by atoms with E-state index in [1.54, 1.807) is 21.0 Å². The fraction of sp³-hybridized carbons (Fsp3) is 0.814. The molecule has 0 spiro atoms. The molecule has 4 rings (SSSR count). The predicted molar refractivity (Wildman–Crippen MR) is 208 cm³/mol. The fourth-order valence-electron chi connectivity index (χ4n) is 9.39. The molecule has 3 heterocycles. The van der Waals surface area contributed by atoms with Gasteiger partial charge in [-0.25, -0.2) is 4.79 Å². The maximum atomic E-state index is 14.3. The van der Waals surface area contributed by atoms with E-state index >= 15 is 0 Å². The molecule has 14 atom stereocenters. The molecule has 3 N–H and O–H groups in total. The summed E-state index contributed by atoms with van der Waals surface area (Å²) in [5, 5.41) is 34.1. The zero-order valence-corrected chi connectivity index (χ0v) is 35.1. The van der Waals surface area contributed by atoms with Gasteiger partial charge in [0.25, 0.3) is 11.7 Å². The summed E-state index contributed by atoms with van der Waals surface area (Å²) in [7, 11) is 4.63. The van der Waals surface area contributed by atoms with Crippen molar-refractivity contribution in [3.8, 4) is 0 Å². The van der Waals surface area contributed by atoms with Crippen molar-refractivity contribution in [3.05, 3.63) is 23.3 Å². The van der Waals surface area contributed by atoms with Crippen molar-refractivity contribution in [2.45, 2.75) is 167 Å². The Bertz CT molecular complexity index is 1430. The number of hydrogen-bond donors (Lipinski definition) is 3. The molecule has 3 fully saturated rings. The number of esters is 1. The molecule has 0 aromatic carbocycles. The smallest absolute Gasteiger partial charge is 0.329 e. The number of ether oxygens (including phenoxy) is 5. The average Bonchev–Trinajstić information content (AvgIpc) is 3.18. The standard InChI is InChI=1S/C43H69NO12/c1-10-30-18-24(2)17-25(3)19-36(53-8)39-37(54-9)21-27(5)43(51,56-39)40(48)41(49)44-16-12-11-13-31(44)42(50)55-38(28(6)33(46)23-34(30)47)26(4)20-29-14-15-32(45)35(22-29)52-7/h18,20,25,27-33,35-39,45-46,51H,10-17,19,21-23H2,1-9H3/b24-18+,26-20+/t25-,27-,28+,29-,30+,31+,32-,33+,35+,36-,37+,38+,39+,43+/m0/s1. The van der Waals surface area contributed by atoms with Crippen molar-refractivity contribution in [2.24, 2.45) is 29.6 Å². The van der Waals surface area contributed by atoms with E-state index in [1.165, 1.54) is 19.1 Å².